The number of rotatable bonds is 10. The third-order valence-electron chi connectivity index (χ3n) is 6.67. The van der Waals surface area contributed by atoms with E-state index in [1.807, 2.05) is 6.07 Å². The molecule has 4 rings (SSSR count). The summed E-state index contributed by atoms with van der Waals surface area (Å²) in [5.74, 6) is 3.63. The Kier molecular flexibility index (Phi) is 6.65. The SMILES string of the molecule is CC(=O)C[C@@H](C)COC1CC(COc2nccc(OC3C[C@@H]4CC[C@@H]3C4)c2Cl)C1. The Morgan fingerprint density at radius 2 is 2.10 bits per heavy atom. The second-order valence-electron chi connectivity index (χ2n) is 9.37. The number of halogens is 1. The van der Waals surface area contributed by atoms with E-state index in [2.05, 4.69) is 11.9 Å². The fraction of sp³-hybridized carbons (Fsp3) is 0.739. The van der Waals surface area contributed by atoms with Crippen molar-refractivity contribution in [1.82, 2.24) is 4.98 Å². The number of fused-ring (bicyclic) bond motifs is 2. The zero-order valence-corrected chi connectivity index (χ0v) is 18.2. The molecule has 0 saturated heterocycles. The zero-order valence-electron chi connectivity index (χ0n) is 17.4. The van der Waals surface area contributed by atoms with Crippen molar-refractivity contribution in [3.05, 3.63) is 17.3 Å². The van der Waals surface area contributed by atoms with Crippen LogP contribution in [0.4, 0.5) is 0 Å². The molecule has 0 aliphatic heterocycles. The van der Waals surface area contributed by atoms with Gasteiger partial charge in [-0.25, -0.2) is 4.98 Å². The third kappa shape index (κ3) is 5.24. The van der Waals surface area contributed by atoms with Gasteiger partial charge >= 0.3 is 0 Å². The number of carbonyl (C=O) groups excluding carboxylic acids is 1. The van der Waals surface area contributed by atoms with Crippen molar-refractivity contribution in [2.24, 2.45) is 23.7 Å². The van der Waals surface area contributed by atoms with Crippen molar-refractivity contribution in [3.63, 3.8) is 0 Å². The molecule has 3 saturated carbocycles. The third-order valence-corrected chi connectivity index (χ3v) is 7.02. The highest BCUT2D eigenvalue weighted by Crippen LogP contribution is 2.47. The van der Waals surface area contributed by atoms with Crippen molar-refractivity contribution in [2.75, 3.05) is 13.2 Å². The van der Waals surface area contributed by atoms with Crippen LogP contribution < -0.4 is 9.47 Å². The Morgan fingerprint density at radius 1 is 1.28 bits per heavy atom. The number of ether oxygens (including phenoxy) is 3. The molecular formula is C23H32ClNO4. The van der Waals surface area contributed by atoms with E-state index in [9.17, 15) is 4.79 Å². The number of aromatic nitrogens is 1. The molecule has 3 fully saturated rings. The number of nitrogens with zero attached hydrogens (tertiary/aromatic N) is 1. The Balaban J connectivity index is 1.19. The minimum Gasteiger partial charge on any atom is -0.488 e. The number of ketones is 1. The smallest absolute Gasteiger partial charge is 0.236 e. The maximum absolute atomic E-state index is 11.1. The van der Waals surface area contributed by atoms with Crippen LogP contribution in [0.1, 0.15) is 58.8 Å². The van der Waals surface area contributed by atoms with Gasteiger partial charge in [0.2, 0.25) is 5.88 Å². The number of hydrogen-bond acceptors (Lipinski definition) is 5. The summed E-state index contributed by atoms with van der Waals surface area (Å²) >= 11 is 6.52. The summed E-state index contributed by atoms with van der Waals surface area (Å²) in [6.45, 7) is 4.92. The predicted molar refractivity (Wildman–Crippen MR) is 112 cm³/mol. The van der Waals surface area contributed by atoms with E-state index >= 15 is 0 Å². The van der Waals surface area contributed by atoms with Crippen LogP contribution >= 0.6 is 11.6 Å². The fourth-order valence-corrected chi connectivity index (χ4v) is 5.30. The molecule has 0 amide bonds. The molecule has 1 unspecified atom stereocenters. The van der Waals surface area contributed by atoms with Gasteiger partial charge in [0.15, 0.2) is 0 Å². The second kappa shape index (κ2) is 9.22. The molecule has 0 N–H and O–H groups in total. The molecule has 2 bridgehead atoms. The fourth-order valence-electron chi connectivity index (χ4n) is 5.09. The van der Waals surface area contributed by atoms with E-state index in [1.54, 1.807) is 13.1 Å². The topological polar surface area (TPSA) is 57.7 Å². The maximum Gasteiger partial charge on any atom is 0.236 e. The van der Waals surface area contributed by atoms with Crippen LogP contribution in [-0.4, -0.2) is 36.2 Å². The summed E-state index contributed by atoms with van der Waals surface area (Å²) in [6, 6.07) is 1.84. The lowest BCUT2D eigenvalue weighted by Crippen LogP contribution is -2.36. The number of pyridine rings is 1. The van der Waals surface area contributed by atoms with Gasteiger partial charge in [0, 0.05) is 25.3 Å². The van der Waals surface area contributed by atoms with Crippen molar-refractivity contribution in [1.29, 1.82) is 0 Å². The summed E-state index contributed by atoms with van der Waals surface area (Å²) in [7, 11) is 0. The van der Waals surface area contributed by atoms with E-state index in [1.165, 1.54) is 19.3 Å². The molecule has 6 heteroatoms. The Morgan fingerprint density at radius 3 is 2.79 bits per heavy atom. The Hall–Kier alpha value is -1.33. The van der Waals surface area contributed by atoms with E-state index in [0.29, 0.717) is 48.1 Å². The van der Waals surface area contributed by atoms with Gasteiger partial charge in [0.25, 0.3) is 0 Å². The van der Waals surface area contributed by atoms with Crippen LogP contribution in [0.5, 0.6) is 11.6 Å². The minimum atomic E-state index is 0.219. The van der Waals surface area contributed by atoms with Crippen molar-refractivity contribution >= 4 is 17.4 Å². The number of carbonyl (C=O) groups is 1. The quantitative estimate of drug-likeness (QED) is 0.526. The highest BCUT2D eigenvalue weighted by atomic mass is 35.5. The molecule has 0 spiro atoms. The summed E-state index contributed by atoms with van der Waals surface area (Å²) in [4.78, 5) is 15.4. The van der Waals surface area contributed by atoms with Crippen LogP contribution in [0.2, 0.25) is 5.02 Å². The molecule has 4 atom stereocenters. The van der Waals surface area contributed by atoms with E-state index < -0.39 is 0 Å². The van der Waals surface area contributed by atoms with Crippen LogP contribution in [0.3, 0.4) is 0 Å². The maximum atomic E-state index is 11.1. The van der Waals surface area contributed by atoms with Gasteiger partial charge in [-0.2, -0.15) is 0 Å². The van der Waals surface area contributed by atoms with E-state index in [0.717, 1.165) is 25.2 Å². The molecule has 1 aromatic heterocycles. The molecule has 3 aliphatic carbocycles. The number of hydrogen-bond donors (Lipinski definition) is 0. The summed E-state index contributed by atoms with van der Waals surface area (Å²) in [5.41, 5.74) is 0. The number of Topliss-reactive ketones (excluding diaryl/α,β-unsaturated/α-hetero) is 1. The lowest BCUT2D eigenvalue weighted by molar-refractivity contribution is -0.119. The highest BCUT2D eigenvalue weighted by molar-refractivity contribution is 6.33. The van der Waals surface area contributed by atoms with Gasteiger partial charge in [0.1, 0.15) is 22.7 Å². The van der Waals surface area contributed by atoms with Gasteiger partial charge in [-0.3, -0.25) is 0 Å². The van der Waals surface area contributed by atoms with Crippen LogP contribution in [0.25, 0.3) is 0 Å². The zero-order chi connectivity index (χ0) is 20.4. The molecule has 3 aliphatic rings. The van der Waals surface area contributed by atoms with Crippen LogP contribution in [0, 0.1) is 23.7 Å². The molecule has 1 aromatic rings. The first-order valence-electron chi connectivity index (χ1n) is 11.0. The highest BCUT2D eigenvalue weighted by Gasteiger charge is 2.41. The molecule has 160 valence electrons. The molecule has 0 aromatic carbocycles. The predicted octanol–water partition coefficient (Wildman–Crippen LogP) is 5.09. The minimum absolute atomic E-state index is 0.219. The van der Waals surface area contributed by atoms with Crippen molar-refractivity contribution in [3.8, 4) is 11.6 Å². The molecule has 1 heterocycles. The normalized spacial score (nSPS) is 31.3. The first kappa shape index (κ1) is 20.9. The van der Waals surface area contributed by atoms with Crippen molar-refractivity contribution in [2.45, 2.75) is 71.0 Å². The summed E-state index contributed by atoms with van der Waals surface area (Å²) < 4.78 is 18.0. The van der Waals surface area contributed by atoms with Crippen LogP contribution in [0.15, 0.2) is 12.3 Å². The largest absolute Gasteiger partial charge is 0.488 e. The lowest BCUT2D eigenvalue weighted by Gasteiger charge is -2.35. The second-order valence-corrected chi connectivity index (χ2v) is 9.75. The molecule has 0 radical (unpaired) electrons. The molecular weight excluding hydrogens is 390 g/mol. The van der Waals surface area contributed by atoms with Gasteiger partial charge < -0.3 is 19.0 Å². The van der Waals surface area contributed by atoms with Gasteiger partial charge in [0.05, 0.1) is 12.7 Å². The van der Waals surface area contributed by atoms with Gasteiger partial charge in [-0.05, 0) is 69.1 Å². The Bertz CT molecular complexity index is 721. The van der Waals surface area contributed by atoms with E-state index in [4.69, 9.17) is 25.8 Å². The standard InChI is InChI=1S/C23H32ClNO4/c1-14(7-15(2)26)12-27-19-9-17(10-19)13-28-23-22(24)20(5-6-25-23)29-21-11-16-3-4-18(21)8-16/h5-6,14,16-19,21H,3-4,7-13H2,1-2H3/t14-,16-,17?,18-,19?,21?/m1/s1. The van der Waals surface area contributed by atoms with Crippen molar-refractivity contribution < 1.29 is 19.0 Å². The van der Waals surface area contributed by atoms with E-state index in [-0.39, 0.29) is 23.9 Å². The molecule has 29 heavy (non-hydrogen) atoms. The average molecular weight is 422 g/mol. The monoisotopic (exact) mass is 421 g/mol. The van der Waals surface area contributed by atoms with Crippen LogP contribution in [-0.2, 0) is 9.53 Å². The first-order chi connectivity index (χ1) is 14.0. The Labute approximate surface area is 178 Å². The molecule has 5 nitrogen and oxygen atoms in total. The summed E-state index contributed by atoms with van der Waals surface area (Å²) in [6.07, 6.45) is 9.90. The first-order valence-corrected chi connectivity index (χ1v) is 11.4. The van der Waals surface area contributed by atoms with Gasteiger partial charge in [-0.1, -0.05) is 18.5 Å². The lowest BCUT2D eigenvalue weighted by atomic mass is 9.83. The van der Waals surface area contributed by atoms with Gasteiger partial charge in [-0.15, -0.1) is 0 Å². The average Bonchev–Trinajstić information content (AvgIpc) is 3.25. The summed E-state index contributed by atoms with van der Waals surface area (Å²) in [5, 5.41) is 0.487.